The second-order valence-electron chi connectivity index (χ2n) is 5.88. The van der Waals surface area contributed by atoms with Crippen molar-refractivity contribution in [1.29, 1.82) is 5.26 Å². The van der Waals surface area contributed by atoms with E-state index in [2.05, 4.69) is 5.32 Å². The van der Waals surface area contributed by atoms with Gasteiger partial charge in [0.2, 0.25) is 10.0 Å². The second-order valence-corrected chi connectivity index (χ2v) is 7.79. The summed E-state index contributed by atoms with van der Waals surface area (Å²) >= 11 is 0. The van der Waals surface area contributed by atoms with E-state index in [9.17, 15) is 8.42 Å². The van der Waals surface area contributed by atoms with Gasteiger partial charge in [-0.3, -0.25) is 0 Å². The van der Waals surface area contributed by atoms with Gasteiger partial charge in [-0.2, -0.15) is 9.57 Å². The summed E-state index contributed by atoms with van der Waals surface area (Å²) in [4.78, 5) is 0.319. The molecule has 1 aromatic carbocycles. The lowest BCUT2D eigenvalue weighted by Gasteiger charge is -2.24. The van der Waals surface area contributed by atoms with E-state index in [1.807, 2.05) is 6.07 Å². The van der Waals surface area contributed by atoms with Crippen molar-refractivity contribution in [2.45, 2.75) is 43.2 Å². The Hall–Kier alpha value is -1.13. The molecule has 0 aliphatic carbocycles. The highest BCUT2D eigenvalue weighted by Crippen LogP contribution is 2.26. The van der Waals surface area contributed by atoms with Crippen LogP contribution in [0.4, 0.5) is 0 Å². The summed E-state index contributed by atoms with van der Waals surface area (Å²) in [5.74, 6) is 0. The Bertz CT molecular complexity index is 699. The van der Waals surface area contributed by atoms with E-state index in [0.29, 0.717) is 35.2 Å². The zero-order chi connectivity index (χ0) is 15.0. The maximum absolute atomic E-state index is 12.9. The molecule has 2 bridgehead atoms. The number of halogens is 1. The van der Waals surface area contributed by atoms with Crippen molar-refractivity contribution in [2.75, 3.05) is 13.1 Å². The van der Waals surface area contributed by atoms with Gasteiger partial charge in [0, 0.05) is 25.2 Å². The average molecular weight is 342 g/mol. The van der Waals surface area contributed by atoms with Crippen LogP contribution in [0.15, 0.2) is 23.1 Å². The predicted octanol–water partition coefficient (Wildman–Crippen LogP) is 1.80. The van der Waals surface area contributed by atoms with Gasteiger partial charge in [-0.15, -0.1) is 12.4 Å². The second kappa shape index (κ2) is 6.55. The molecule has 0 spiro atoms. The maximum Gasteiger partial charge on any atom is 0.243 e. The molecule has 2 saturated heterocycles. The number of hydrogen-bond donors (Lipinski definition) is 1. The van der Waals surface area contributed by atoms with Crippen LogP contribution in [0.1, 0.15) is 30.4 Å². The van der Waals surface area contributed by atoms with E-state index in [1.165, 1.54) is 0 Å². The van der Waals surface area contributed by atoms with Crippen LogP contribution in [0.3, 0.4) is 0 Å². The first-order valence-corrected chi connectivity index (χ1v) is 8.71. The lowest BCUT2D eigenvalue weighted by molar-refractivity contribution is 0.383. The summed E-state index contributed by atoms with van der Waals surface area (Å²) in [5.41, 5.74) is 1.12. The monoisotopic (exact) mass is 341 g/mol. The zero-order valence-electron chi connectivity index (χ0n) is 12.4. The molecule has 2 heterocycles. The van der Waals surface area contributed by atoms with E-state index in [1.54, 1.807) is 29.4 Å². The lowest BCUT2D eigenvalue weighted by atomic mass is 10.1. The highest BCUT2D eigenvalue weighted by atomic mass is 35.5. The summed E-state index contributed by atoms with van der Waals surface area (Å²) in [6, 6.07) is 7.53. The lowest BCUT2D eigenvalue weighted by Crippen LogP contribution is -2.39. The van der Waals surface area contributed by atoms with E-state index >= 15 is 0 Å². The van der Waals surface area contributed by atoms with Crippen molar-refractivity contribution in [2.24, 2.45) is 0 Å². The smallest absolute Gasteiger partial charge is 0.243 e. The zero-order valence-corrected chi connectivity index (χ0v) is 14.1. The average Bonchev–Trinajstić information content (AvgIpc) is 2.77. The minimum absolute atomic E-state index is 0. The van der Waals surface area contributed by atoms with Gasteiger partial charge in [0.05, 0.1) is 16.5 Å². The van der Waals surface area contributed by atoms with Gasteiger partial charge >= 0.3 is 0 Å². The molecule has 1 aromatic rings. The van der Waals surface area contributed by atoms with Crippen LogP contribution in [0, 0.1) is 18.3 Å². The molecule has 0 aromatic heterocycles. The van der Waals surface area contributed by atoms with Crippen LogP contribution < -0.4 is 5.32 Å². The Labute approximate surface area is 137 Å². The maximum atomic E-state index is 12.9. The van der Waals surface area contributed by atoms with Crippen molar-refractivity contribution >= 4 is 22.4 Å². The Kier molecular flexibility index (Phi) is 5.13. The van der Waals surface area contributed by atoms with Crippen LogP contribution in [0.5, 0.6) is 0 Å². The number of aryl methyl sites for hydroxylation is 1. The van der Waals surface area contributed by atoms with Crippen LogP contribution in [0.25, 0.3) is 0 Å². The molecule has 0 radical (unpaired) electrons. The predicted molar refractivity (Wildman–Crippen MR) is 86.5 cm³/mol. The van der Waals surface area contributed by atoms with Crippen LogP contribution in [-0.4, -0.2) is 37.9 Å². The molecular weight excluding hydrogens is 322 g/mol. The summed E-state index contributed by atoms with van der Waals surface area (Å²) in [7, 11) is -3.48. The van der Waals surface area contributed by atoms with E-state index in [0.717, 1.165) is 19.3 Å². The summed E-state index contributed by atoms with van der Waals surface area (Å²) in [6.07, 6.45) is 3.06. The van der Waals surface area contributed by atoms with E-state index < -0.39 is 10.0 Å². The Morgan fingerprint density at radius 2 is 2.00 bits per heavy atom. The molecular formula is C15H20ClN3O2S. The number of fused-ring (bicyclic) bond motifs is 2. The molecule has 2 atom stereocenters. The van der Waals surface area contributed by atoms with Gasteiger partial charge in [-0.1, -0.05) is 0 Å². The molecule has 5 nitrogen and oxygen atoms in total. The third-order valence-electron chi connectivity index (χ3n) is 4.41. The fraction of sp³-hybridized carbons (Fsp3) is 0.533. The van der Waals surface area contributed by atoms with Crippen LogP contribution in [-0.2, 0) is 10.0 Å². The highest BCUT2D eigenvalue weighted by Gasteiger charge is 2.35. The van der Waals surface area contributed by atoms with Crippen molar-refractivity contribution in [3.8, 4) is 6.07 Å². The van der Waals surface area contributed by atoms with Gasteiger partial charge in [0.1, 0.15) is 0 Å². The first-order chi connectivity index (χ1) is 10.0. The van der Waals surface area contributed by atoms with Crippen molar-refractivity contribution < 1.29 is 8.42 Å². The first-order valence-electron chi connectivity index (χ1n) is 7.27. The van der Waals surface area contributed by atoms with E-state index in [4.69, 9.17) is 5.26 Å². The summed E-state index contributed by atoms with van der Waals surface area (Å²) < 4.78 is 27.3. The molecule has 1 N–H and O–H groups in total. The number of nitrogens with zero attached hydrogens (tertiary/aromatic N) is 2. The van der Waals surface area contributed by atoms with Gasteiger partial charge in [0.15, 0.2) is 0 Å². The van der Waals surface area contributed by atoms with E-state index in [-0.39, 0.29) is 18.4 Å². The Morgan fingerprint density at radius 3 is 2.68 bits per heavy atom. The van der Waals surface area contributed by atoms with Gasteiger partial charge < -0.3 is 5.32 Å². The third-order valence-corrected chi connectivity index (χ3v) is 6.43. The minimum atomic E-state index is -3.48. The fourth-order valence-corrected chi connectivity index (χ4v) is 4.98. The van der Waals surface area contributed by atoms with Gasteiger partial charge in [-0.25, -0.2) is 8.42 Å². The molecule has 2 aliphatic rings. The van der Waals surface area contributed by atoms with Gasteiger partial charge in [0.25, 0.3) is 0 Å². The van der Waals surface area contributed by atoms with Crippen molar-refractivity contribution in [3.63, 3.8) is 0 Å². The molecule has 2 aliphatic heterocycles. The molecule has 3 rings (SSSR count). The minimum Gasteiger partial charge on any atom is -0.310 e. The number of hydrogen-bond acceptors (Lipinski definition) is 4. The standard InChI is InChI=1S/C15H19N3O2S.ClH/c1-11-8-12(9-16)2-5-15(11)21(19,20)18-7-6-13-3-4-14(10-18)17-13;/h2,5,8,13-14,17H,3-4,6-7,10H2,1H3;1H. The summed E-state index contributed by atoms with van der Waals surface area (Å²) in [5, 5.41) is 12.4. The molecule has 2 unspecified atom stereocenters. The SMILES string of the molecule is Cc1cc(C#N)ccc1S(=O)(=O)N1CCC2CCC(C1)N2.Cl. The molecule has 0 amide bonds. The molecule has 22 heavy (non-hydrogen) atoms. The number of nitriles is 1. The number of benzene rings is 1. The topological polar surface area (TPSA) is 73.2 Å². The number of nitrogens with one attached hydrogen (secondary N) is 1. The largest absolute Gasteiger partial charge is 0.310 e. The highest BCUT2D eigenvalue weighted by molar-refractivity contribution is 7.89. The number of rotatable bonds is 2. The molecule has 120 valence electrons. The van der Waals surface area contributed by atoms with Gasteiger partial charge in [-0.05, 0) is 49.9 Å². The molecule has 2 fully saturated rings. The van der Waals surface area contributed by atoms with Crippen molar-refractivity contribution in [1.82, 2.24) is 9.62 Å². The Morgan fingerprint density at radius 1 is 1.27 bits per heavy atom. The normalized spacial score (nSPS) is 25.1. The first kappa shape index (κ1) is 17.2. The van der Waals surface area contributed by atoms with Crippen LogP contribution >= 0.6 is 12.4 Å². The van der Waals surface area contributed by atoms with Crippen molar-refractivity contribution in [3.05, 3.63) is 29.3 Å². The van der Waals surface area contributed by atoms with Crippen LogP contribution in [0.2, 0.25) is 0 Å². The number of sulfonamides is 1. The Balaban J connectivity index is 0.00000176. The quantitative estimate of drug-likeness (QED) is 0.890. The molecule has 7 heteroatoms. The third kappa shape index (κ3) is 3.13. The molecule has 0 saturated carbocycles. The summed E-state index contributed by atoms with van der Waals surface area (Å²) in [6.45, 7) is 2.85. The fourth-order valence-electron chi connectivity index (χ4n) is 3.28.